The first kappa shape index (κ1) is 14.9. The Morgan fingerprint density at radius 1 is 1.45 bits per heavy atom. The number of carboxylic acids is 1. The summed E-state index contributed by atoms with van der Waals surface area (Å²) < 4.78 is 27.2. The average Bonchev–Trinajstić information content (AvgIpc) is 2.83. The molecule has 2 rings (SSSR count). The summed E-state index contributed by atoms with van der Waals surface area (Å²) >= 11 is 4.18. The molecule has 1 heterocycles. The summed E-state index contributed by atoms with van der Waals surface area (Å²) in [5.74, 6) is -1.21. The molecule has 0 atom stereocenters. The first-order valence-corrected chi connectivity index (χ1v) is 8.29. The minimum atomic E-state index is -3.93. The Labute approximate surface area is 126 Å². The highest BCUT2D eigenvalue weighted by Gasteiger charge is 2.22. The molecule has 0 bridgehead atoms. The van der Waals surface area contributed by atoms with Gasteiger partial charge >= 0.3 is 5.97 Å². The van der Waals surface area contributed by atoms with Crippen molar-refractivity contribution in [3.05, 3.63) is 33.2 Å². The molecule has 106 valence electrons. The van der Waals surface area contributed by atoms with Crippen LogP contribution in [0.4, 0.5) is 5.13 Å². The molecule has 0 unspecified atom stereocenters. The molecule has 0 aliphatic rings. The van der Waals surface area contributed by atoms with Crippen LogP contribution in [-0.2, 0) is 10.0 Å². The lowest BCUT2D eigenvalue weighted by atomic mass is 10.1. The molecule has 2 aromatic rings. The maximum absolute atomic E-state index is 12.3. The molecule has 0 amide bonds. The molecule has 7 nitrogen and oxygen atoms in total. The van der Waals surface area contributed by atoms with Gasteiger partial charge < -0.3 is 5.11 Å². The monoisotopic (exact) mass is 377 g/mol. The summed E-state index contributed by atoms with van der Waals surface area (Å²) in [6.45, 7) is 1.57. The van der Waals surface area contributed by atoms with Crippen molar-refractivity contribution in [1.82, 2.24) is 10.2 Å². The highest BCUT2D eigenvalue weighted by atomic mass is 79.9. The van der Waals surface area contributed by atoms with Gasteiger partial charge in [0, 0.05) is 4.47 Å². The number of aromatic carboxylic acids is 1. The number of sulfonamides is 1. The zero-order chi connectivity index (χ0) is 14.9. The molecule has 1 aromatic heterocycles. The molecule has 0 saturated heterocycles. The third-order valence-electron chi connectivity index (χ3n) is 2.41. The number of carbonyl (C=O) groups is 1. The number of nitrogens with zero attached hydrogens (tertiary/aromatic N) is 2. The van der Waals surface area contributed by atoms with E-state index in [0.29, 0.717) is 10.0 Å². The quantitative estimate of drug-likeness (QED) is 0.844. The summed E-state index contributed by atoms with van der Waals surface area (Å²) in [6, 6.07) is 2.45. The van der Waals surface area contributed by atoms with E-state index in [1.165, 1.54) is 11.6 Å². The van der Waals surface area contributed by atoms with E-state index in [-0.39, 0.29) is 15.6 Å². The fraction of sp³-hybridized carbons (Fsp3) is 0.100. The highest BCUT2D eigenvalue weighted by molar-refractivity contribution is 9.10. The van der Waals surface area contributed by atoms with Crippen molar-refractivity contribution >= 4 is 48.4 Å². The first-order valence-electron chi connectivity index (χ1n) is 5.13. The summed E-state index contributed by atoms with van der Waals surface area (Å²) in [6.07, 6.45) is 0. The Kier molecular flexibility index (Phi) is 4.06. The van der Waals surface area contributed by atoms with Crippen LogP contribution in [0.5, 0.6) is 0 Å². The van der Waals surface area contributed by atoms with Crippen molar-refractivity contribution in [1.29, 1.82) is 0 Å². The van der Waals surface area contributed by atoms with Gasteiger partial charge in [0.2, 0.25) is 5.13 Å². The van der Waals surface area contributed by atoms with Gasteiger partial charge in [-0.15, -0.1) is 10.2 Å². The van der Waals surface area contributed by atoms with Crippen LogP contribution in [0.15, 0.2) is 27.0 Å². The standard InChI is InChI=1S/C10H8BrN3O4S2/c1-5-7(11)2-6(9(15)16)3-8(5)20(17,18)14-10-13-12-4-19-10/h2-4H,1H3,(H,13,14)(H,15,16). The SMILES string of the molecule is Cc1c(Br)cc(C(=O)O)cc1S(=O)(=O)Nc1nncs1. The smallest absolute Gasteiger partial charge is 0.335 e. The lowest BCUT2D eigenvalue weighted by Gasteiger charge is -2.10. The number of nitrogens with one attached hydrogen (secondary N) is 1. The molecular weight excluding hydrogens is 370 g/mol. The predicted octanol–water partition coefficient (Wildman–Crippen LogP) is 2.11. The number of carboxylic acid groups (broad SMARTS) is 1. The van der Waals surface area contributed by atoms with E-state index in [9.17, 15) is 13.2 Å². The Bertz CT molecular complexity index is 759. The van der Waals surface area contributed by atoms with Gasteiger partial charge in [0.15, 0.2) is 0 Å². The second-order valence-electron chi connectivity index (χ2n) is 3.74. The molecule has 0 spiro atoms. The number of rotatable bonds is 4. The number of aromatic nitrogens is 2. The second-order valence-corrected chi connectivity index (χ2v) is 7.07. The van der Waals surface area contributed by atoms with Crippen LogP contribution in [-0.4, -0.2) is 29.7 Å². The fourth-order valence-electron chi connectivity index (χ4n) is 1.44. The van der Waals surface area contributed by atoms with Gasteiger partial charge in [-0.25, -0.2) is 13.2 Å². The van der Waals surface area contributed by atoms with Gasteiger partial charge in [-0.05, 0) is 24.6 Å². The lowest BCUT2D eigenvalue weighted by Crippen LogP contribution is -2.15. The molecule has 0 fully saturated rings. The molecule has 0 aliphatic heterocycles. The summed E-state index contributed by atoms with van der Waals surface area (Å²) in [4.78, 5) is 10.9. The molecule has 2 N–H and O–H groups in total. The number of hydrogen-bond acceptors (Lipinski definition) is 6. The number of halogens is 1. The number of benzene rings is 1. The normalized spacial score (nSPS) is 11.3. The minimum absolute atomic E-state index is 0.112. The van der Waals surface area contributed by atoms with E-state index >= 15 is 0 Å². The van der Waals surface area contributed by atoms with Crippen LogP contribution in [0.2, 0.25) is 0 Å². The third-order valence-corrected chi connectivity index (χ3v) is 5.44. The van der Waals surface area contributed by atoms with Gasteiger partial charge in [0.05, 0.1) is 10.5 Å². The van der Waals surface area contributed by atoms with E-state index in [1.54, 1.807) is 6.92 Å². The largest absolute Gasteiger partial charge is 0.478 e. The zero-order valence-electron chi connectivity index (χ0n) is 9.99. The van der Waals surface area contributed by atoms with Crippen molar-refractivity contribution in [2.75, 3.05) is 4.72 Å². The minimum Gasteiger partial charge on any atom is -0.478 e. The van der Waals surface area contributed by atoms with Crippen molar-refractivity contribution in [3.8, 4) is 0 Å². The van der Waals surface area contributed by atoms with Gasteiger partial charge in [-0.2, -0.15) is 0 Å². The molecular formula is C10H8BrN3O4S2. The Morgan fingerprint density at radius 2 is 2.15 bits per heavy atom. The maximum atomic E-state index is 12.3. The van der Waals surface area contributed by atoms with Crippen LogP contribution in [0.25, 0.3) is 0 Å². The van der Waals surface area contributed by atoms with E-state index in [2.05, 4.69) is 30.8 Å². The van der Waals surface area contributed by atoms with E-state index in [0.717, 1.165) is 17.4 Å². The molecule has 0 saturated carbocycles. The molecule has 20 heavy (non-hydrogen) atoms. The highest BCUT2D eigenvalue weighted by Crippen LogP contribution is 2.27. The zero-order valence-corrected chi connectivity index (χ0v) is 13.2. The summed E-state index contributed by atoms with van der Waals surface area (Å²) in [5.41, 5.74) is 1.67. The molecule has 10 heteroatoms. The van der Waals surface area contributed by atoms with Crippen LogP contribution in [0, 0.1) is 6.92 Å². The average molecular weight is 378 g/mol. The van der Waals surface area contributed by atoms with Crippen molar-refractivity contribution in [3.63, 3.8) is 0 Å². The lowest BCUT2D eigenvalue weighted by molar-refractivity contribution is 0.0696. The summed E-state index contributed by atoms with van der Waals surface area (Å²) in [7, 11) is -3.93. The fourth-order valence-corrected chi connectivity index (χ4v) is 4.02. The van der Waals surface area contributed by atoms with Gasteiger partial charge in [-0.3, -0.25) is 4.72 Å². The number of anilines is 1. The molecule has 1 aromatic carbocycles. The Hall–Kier alpha value is -1.52. The molecule has 0 radical (unpaired) electrons. The summed E-state index contributed by atoms with van der Waals surface area (Å²) in [5, 5.41) is 16.2. The second kappa shape index (κ2) is 5.46. The van der Waals surface area contributed by atoms with Crippen LogP contribution in [0.1, 0.15) is 15.9 Å². The van der Waals surface area contributed by atoms with Gasteiger partial charge in [-0.1, -0.05) is 27.3 Å². The van der Waals surface area contributed by atoms with Crippen molar-refractivity contribution < 1.29 is 18.3 Å². The Morgan fingerprint density at radius 3 is 2.70 bits per heavy atom. The number of hydrogen-bond donors (Lipinski definition) is 2. The first-order chi connectivity index (χ1) is 9.31. The molecule has 0 aliphatic carbocycles. The maximum Gasteiger partial charge on any atom is 0.335 e. The topological polar surface area (TPSA) is 109 Å². The third kappa shape index (κ3) is 2.97. The van der Waals surface area contributed by atoms with Crippen LogP contribution < -0.4 is 4.72 Å². The van der Waals surface area contributed by atoms with E-state index in [1.807, 2.05) is 0 Å². The Balaban J connectivity index is 2.53. The van der Waals surface area contributed by atoms with E-state index in [4.69, 9.17) is 5.11 Å². The van der Waals surface area contributed by atoms with Crippen LogP contribution in [0.3, 0.4) is 0 Å². The predicted molar refractivity (Wildman–Crippen MR) is 76.6 cm³/mol. The van der Waals surface area contributed by atoms with Crippen LogP contribution >= 0.6 is 27.3 Å². The van der Waals surface area contributed by atoms with Gasteiger partial charge in [0.1, 0.15) is 5.51 Å². The van der Waals surface area contributed by atoms with Gasteiger partial charge in [0.25, 0.3) is 10.0 Å². The van der Waals surface area contributed by atoms with Crippen molar-refractivity contribution in [2.24, 2.45) is 0 Å². The van der Waals surface area contributed by atoms with E-state index < -0.39 is 16.0 Å². The van der Waals surface area contributed by atoms with Crippen molar-refractivity contribution in [2.45, 2.75) is 11.8 Å².